The molecule has 0 spiro atoms. The summed E-state index contributed by atoms with van der Waals surface area (Å²) >= 11 is 0. The van der Waals surface area contributed by atoms with E-state index in [1.54, 1.807) is 0 Å². The molecule has 6 heteroatoms. The maximum absolute atomic E-state index is 11.8. The van der Waals surface area contributed by atoms with Crippen molar-refractivity contribution >= 4 is 23.0 Å². The van der Waals surface area contributed by atoms with Crippen LogP contribution in [0.3, 0.4) is 0 Å². The highest BCUT2D eigenvalue weighted by Crippen LogP contribution is 2.24. The fraction of sp³-hybridized carbons (Fsp3) is 0.444. The molecule has 0 aliphatic heterocycles. The van der Waals surface area contributed by atoms with Crippen molar-refractivity contribution in [2.24, 2.45) is 11.8 Å². The van der Waals surface area contributed by atoms with Crippen molar-refractivity contribution < 1.29 is 19.8 Å². The lowest BCUT2D eigenvalue weighted by Crippen LogP contribution is -2.23. The number of imidazole rings is 1. The van der Waals surface area contributed by atoms with Crippen molar-refractivity contribution in [1.29, 1.82) is 0 Å². The molecule has 2 aromatic carbocycles. The van der Waals surface area contributed by atoms with Crippen LogP contribution in [0.4, 0.5) is 0 Å². The molecular formula is C27H34N2O4. The summed E-state index contributed by atoms with van der Waals surface area (Å²) in [5, 5.41) is 19.4. The maximum Gasteiger partial charge on any atom is 0.306 e. The topological polar surface area (TPSA) is 103 Å². The first-order chi connectivity index (χ1) is 16.0. The monoisotopic (exact) mass is 450 g/mol. The molecule has 0 saturated heterocycles. The predicted octanol–water partition coefficient (Wildman–Crippen LogP) is 5.65. The van der Waals surface area contributed by atoms with Gasteiger partial charge in [0.05, 0.1) is 22.9 Å². The molecule has 0 aliphatic carbocycles. The zero-order chi connectivity index (χ0) is 23.6. The molecule has 33 heavy (non-hydrogen) atoms. The van der Waals surface area contributed by atoms with Crippen LogP contribution in [0.15, 0.2) is 48.5 Å². The van der Waals surface area contributed by atoms with Gasteiger partial charge in [0.2, 0.25) is 0 Å². The first-order valence-electron chi connectivity index (χ1n) is 11.9. The Morgan fingerprint density at radius 1 is 0.848 bits per heavy atom. The third-order valence-electron chi connectivity index (χ3n) is 6.27. The number of carboxylic acids is 2. The molecule has 0 radical (unpaired) electrons. The van der Waals surface area contributed by atoms with Gasteiger partial charge in [0.1, 0.15) is 5.82 Å². The molecule has 0 bridgehead atoms. The predicted molar refractivity (Wildman–Crippen MR) is 129 cm³/mol. The number of fused-ring (bicyclic) bond motifs is 1. The van der Waals surface area contributed by atoms with Gasteiger partial charge in [0, 0.05) is 6.42 Å². The second kappa shape index (κ2) is 12.2. The van der Waals surface area contributed by atoms with E-state index in [1.165, 1.54) is 5.56 Å². The van der Waals surface area contributed by atoms with Crippen LogP contribution in [0.25, 0.3) is 11.0 Å². The largest absolute Gasteiger partial charge is 0.481 e. The Balaban J connectivity index is 1.48. The molecule has 1 heterocycles. The number of H-pyrrole nitrogens is 1. The number of carboxylic acid groups (broad SMARTS) is 2. The number of aryl methyl sites for hydroxylation is 3. The molecular weight excluding hydrogens is 416 g/mol. The van der Waals surface area contributed by atoms with Gasteiger partial charge in [-0.3, -0.25) is 9.59 Å². The molecule has 0 amide bonds. The van der Waals surface area contributed by atoms with E-state index in [0.717, 1.165) is 54.5 Å². The number of rotatable bonds is 14. The minimum Gasteiger partial charge on any atom is -0.481 e. The maximum atomic E-state index is 11.8. The Labute approximate surface area is 195 Å². The lowest BCUT2D eigenvalue weighted by molar-refractivity contribution is -0.146. The van der Waals surface area contributed by atoms with Gasteiger partial charge in [-0.15, -0.1) is 0 Å². The molecule has 1 aromatic heterocycles. The van der Waals surface area contributed by atoms with Crippen LogP contribution in [0.1, 0.15) is 62.4 Å². The van der Waals surface area contributed by atoms with Crippen molar-refractivity contribution in [2.75, 3.05) is 0 Å². The second-order valence-electron chi connectivity index (χ2n) is 8.86. The summed E-state index contributed by atoms with van der Waals surface area (Å²) < 4.78 is 0. The minimum absolute atomic E-state index is 0.170. The van der Waals surface area contributed by atoms with Crippen LogP contribution in [0, 0.1) is 11.8 Å². The van der Waals surface area contributed by atoms with Gasteiger partial charge in [-0.1, -0.05) is 56.2 Å². The van der Waals surface area contributed by atoms with Gasteiger partial charge >= 0.3 is 11.9 Å². The molecule has 0 saturated carbocycles. The molecule has 0 fully saturated rings. The number of nitrogens with one attached hydrogen (secondary N) is 1. The standard InChI is InChI=1S/C27H34N2O4/c1-2-7-19-12-14-20(15-13-19)16-17-22(27(32)33)18-21(26(30)31)8-3-6-11-25-28-23-9-4-5-10-24(23)29-25/h4-5,9-10,12-15,21-22H,2-3,6-8,11,16-18H2,1H3,(H,28,29)(H,30,31)(H,32,33)/t21?,22-/m1/s1. The van der Waals surface area contributed by atoms with Crippen molar-refractivity contribution in [3.05, 3.63) is 65.5 Å². The zero-order valence-corrected chi connectivity index (χ0v) is 19.3. The van der Waals surface area contributed by atoms with E-state index in [9.17, 15) is 19.8 Å². The van der Waals surface area contributed by atoms with E-state index in [4.69, 9.17) is 0 Å². The molecule has 3 rings (SSSR count). The highest BCUT2D eigenvalue weighted by atomic mass is 16.4. The number of para-hydroxylation sites is 2. The third kappa shape index (κ3) is 7.45. The fourth-order valence-corrected chi connectivity index (χ4v) is 4.34. The average molecular weight is 451 g/mol. The van der Waals surface area contributed by atoms with Crippen molar-refractivity contribution in [3.63, 3.8) is 0 Å². The van der Waals surface area contributed by atoms with E-state index < -0.39 is 23.8 Å². The molecule has 0 aliphatic rings. The van der Waals surface area contributed by atoms with Gasteiger partial charge in [0.25, 0.3) is 0 Å². The van der Waals surface area contributed by atoms with Crippen LogP contribution < -0.4 is 0 Å². The van der Waals surface area contributed by atoms with E-state index in [-0.39, 0.29) is 6.42 Å². The van der Waals surface area contributed by atoms with Gasteiger partial charge in [0.15, 0.2) is 0 Å². The van der Waals surface area contributed by atoms with Gasteiger partial charge in [-0.05, 0) is 61.8 Å². The van der Waals surface area contributed by atoms with Crippen molar-refractivity contribution in [3.8, 4) is 0 Å². The van der Waals surface area contributed by atoms with E-state index >= 15 is 0 Å². The molecule has 3 aromatic rings. The van der Waals surface area contributed by atoms with Crippen LogP contribution >= 0.6 is 0 Å². The zero-order valence-electron chi connectivity index (χ0n) is 19.3. The first kappa shape index (κ1) is 24.5. The van der Waals surface area contributed by atoms with E-state index in [1.807, 2.05) is 24.3 Å². The van der Waals surface area contributed by atoms with E-state index in [0.29, 0.717) is 19.3 Å². The number of benzene rings is 2. The lowest BCUT2D eigenvalue weighted by atomic mass is 9.87. The molecule has 176 valence electrons. The van der Waals surface area contributed by atoms with E-state index in [2.05, 4.69) is 41.2 Å². The van der Waals surface area contributed by atoms with Crippen LogP contribution in [0.2, 0.25) is 0 Å². The number of nitrogens with zero attached hydrogens (tertiary/aromatic N) is 1. The summed E-state index contributed by atoms with van der Waals surface area (Å²) in [5.74, 6) is -2.22. The summed E-state index contributed by atoms with van der Waals surface area (Å²) in [6.45, 7) is 2.14. The highest BCUT2D eigenvalue weighted by molar-refractivity contribution is 5.75. The van der Waals surface area contributed by atoms with Crippen LogP contribution in [-0.2, 0) is 28.9 Å². The van der Waals surface area contributed by atoms with Gasteiger partial charge in [-0.2, -0.15) is 0 Å². The van der Waals surface area contributed by atoms with Crippen LogP contribution in [-0.4, -0.2) is 32.1 Å². The highest BCUT2D eigenvalue weighted by Gasteiger charge is 2.26. The van der Waals surface area contributed by atoms with Gasteiger partial charge < -0.3 is 15.2 Å². The number of hydrogen-bond acceptors (Lipinski definition) is 3. The number of aromatic nitrogens is 2. The molecule has 1 unspecified atom stereocenters. The van der Waals surface area contributed by atoms with Crippen molar-refractivity contribution in [2.45, 2.75) is 64.7 Å². The molecule has 6 nitrogen and oxygen atoms in total. The number of aliphatic carboxylic acids is 2. The molecule has 2 atom stereocenters. The summed E-state index contributed by atoms with van der Waals surface area (Å²) in [5.41, 5.74) is 4.31. The Morgan fingerprint density at radius 2 is 1.48 bits per heavy atom. The quantitative estimate of drug-likeness (QED) is 0.275. The second-order valence-corrected chi connectivity index (χ2v) is 8.86. The summed E-state index contributed by atoms with van der Waals surface area (Å²) in [4.78, 5) is 31.5. The fourth-order valence-electron chi connectivity index (χ4n) is 4.34. The summed E-state index contributed by atoms with van der Waals surface area (Å²) in [6.07, 6.45) is 6.15. The Bertz CT molecular complexity index is 1010. The Kier molecular flexibility index (Phi) is 9.04. The Morgan fingerprint density at radius 3 is 2.12 bits per heavy atom. The normalized spacial score (nSPS) is 13.1. The summed E-state index contributed by atoms with van der Waals surface area (Å²) in [7, 11) is 0. The minimum atomic E-state index is -0.911. The number of carbonyl (C=O) groups is 2. The van der Waals surface area contributed by atoms with Crippen molar-refractivity contribution in [1.82, 2.24) is 9.97 Å². The number of aromatic amines is 1. The van der Waals surface area contributed by atoms with Crippen LogP contribution in [0.5, 0.6) is 0 Å². The Hall–Kier alpha value is -3.15. The lowest BCUT2D eigenvalue weighted by Gasteiger charge is -2.18. The summed E-state index contributed by atoms with van der Waals surface area (Å²) in [6, 6.07) is 16.1. The third-order valence-corrected chi connectivity index (χ3v) is 6.27. The average Bonchev–Trinajstić information content (AvgIpc) is 3.21. The number of unbranched alkanes of at least 4 members (excludes halogenated alkanes) is 1. The SMILES string of the molecule is CCCc1ccc(CC[C@H](CC(CCCCc2nc3ccccc3[nH]2)C(=O)O)C(=O)O)cc1. The smallest absolute Gasteiger partial charge is 0.306 e. The number of hydrogen-bond donors (Lipinski definition) is 3. The first-order valence-corrected chi connectivity index (χ1v) is 11.9. The molecule has 3 N–H and O–H groups in total. The van der Waals surface area contributed by atoms with Gasteiger partial charge in [-0.25, -0.2) is 4.98 Å².